The van der Waals surface area contributed by atoms with Crippen LogP contribution in [0.3, 0.4) is 0 Å². The van der Waals surface area contributed by atoms with Crippen LogP contribution in [0.15, 0.2) is 34.1 Å². The summed E-state index contributed by atoms with van der Waals surface area (Å²) in [5.41, 5.74) is 5.25. The minimum Gasteiger partial charge on any atom is -0.329 e. The van der Waals surface area contributed by atoms with E-state index < -0.39 is 10.0 Å². The standard InChI is InChI=1S/C9H14N2O2S2/c1-14-8-4-2-3-5-9(8)15(12,13)11-7-6-10/h2-5,11H,6-7,10H2,1H3. The Morgan fingerprint density at radius 2 is 2.07 bits per heavy atom. The van der Waals surface area contributed by atoms with Gasteiger partial charge in [0.15, 0.2) is 0 Å². The molecule has 0 aliphatic rings. The fourth-order valence-electron chi connectivity index (χ4n) is 1.11. The number of hydrogen-bond acceptors (Lipinski definition) is 4. The lowest BCUT2D eigenvalue weighted by atomic mass is 10.4. The first kappa shape index (κ1) is 12.5. The summed E-state index contributed by atoms with van der Waals surface area (Å²) < 4.78 is 26.0. The molecule has 0 spiro atoms. The highest BCUT2D eigenvalue weighted by Gasteiger charge is 2.16. The van der Waals surface area contributed by atoms with Crippen molar-refractivity contribution in [3.05, 3.63) is 24.3 Å². The zero-order chi connectivity index (χ0) is 11.3. The maximum absolute atomic E-state index is 11.8. The monoisotopic (exact) mass is 246 g/mol. The Labute approximate surface area is 94.3 Å². The van der Waals surface area contributed by atoms with Gasteiger partial charge in [-0.1, -0.05) is 12.1 Å². The highest BCUT2D eigenvalue weighted by Crippen LogP contribution is 2.23. The number of nitrogens with one attached hydrogen (secondary N) is 1. The first-order valence-electron chi connectivity index (χ1n) is 4.44. The van der Waals surface area contributed by atoms with E-state index in [1.165, 1.54) is 11.8 Å². The van der Waals surface area contributed by atoms with Gasteiger partial charge in [-0.15, -0.1) is 11.8 Å². The summed E-state index contributed by atoms with van der Waals surface area (Å²) in [5.74, 6) is 0. The van der Waals surface area contributed by atoms with Crippen LogP contribution in [0.25, 0.3) is 0 Å². The average Bonchev–Trinajstić information content (AvgIpc) is 2.26. The minimum atomic E-state index is -3.42. The predicted molar refractivity (Wildman–Crippen MR) is 62.5 cm³/mol. The number of hydrogen-bond donors (Lipinski definition) is 2. The van der Waals surface area contributed by atoms with Crippen molar-refractivity contribution < 1.29 is 8.42 Å². The van der Waals surface area contributed by atoms with Crippen molar-refractivity contribution >= 4 is 21.8 Å². The molecule has 0 fully saturated rings. The first-order valence-corrected chi connectivity index (χ1v) is 7.15. The van der Waals surface area contributed by atoms with Gasteiger partial charge >= 0.3 is 0 Å². The minimum absolute atomic E-state index is 0.255. The molecule has 0 aliphatic carbocycles. The van der Waals surface area contributed by atoms with Crippen LogP contribution in [0, 0.1) is 0 Å². The van der Waals surface area contributed by atoms with Gasteiger partial charge < -0.3 is 5.73 Å². The molecule has 0 aliphatic heterocycles. The quantitative estimate of drug-likeness (QED) is 0.748. The molecule has 6 heteroatoms. The predicted octanol–water partition coefficient (Wildman–Crippen LogP) is 0.646. The normalized spacial score (nSPS) is 11.6. The molecule has 0 bridgehead atoms. The van der Waals surface area contributed by atoms with Crippen LogP contribution in [0.5, 0.6) is 0 Å². The largest absolute Gasteiger partial charge is 0.329 e. The van der Waals surface area contributed by atoms with E-state index >= 15 is 0 Å². The van der Waals surface area contributed by atoms with E-state index in [0.717, 1.165) is 4.90 Å². The summed E-state index contributed by atoms with van der Waals surface area (Å²) >= 11 is 1.41. The molecule has 1 aromatic rings. The second-order valence-corrected chi connectivity index (χ2v) is 5.42. The summed E-state index contributed by atoms with van der Waals surface area (Å²) in [5, 5.41) is 0. The molecular formula is C9H14N2O2S2. The van der Waals surface area contributed by atoms with Crippen molar-refractivity contribution in [2.75, 3.05) is 19.3 Å². The molecule has 0 saturated heterocycles. The van der Waals surface area contributed by atoms with Crippen LogP contribution in [-0.2, 0) is 10.0 Å². The second-order valence-electron chi connectivity index (χ2n) is 2.84. The third-order valence-corrected chi connectivity index (χ3v) is 4.24. The molecule has 0 atom stereocenters. The topological polar surface area (TPSA) is 72.2 Å². The van der Waals surface area contributed by atoms with E-state index in [2.05, 4.69) is 4.72 Å². The molecule has 84 valence electrons. The number of benzene rings is 1. The van der Waals surface area contributed by atoms with Crippen molar-refractivity contribution in [3.63, 3.8) is 0 Å². The molecule has 1 aromatic carbocycles. The van der Waals surface area contributed by atoms with Gasteiger partial charge in [0, 0.05) is 18.0 Å². The van der Waals surface area contributed by atoms with Gasteiger partial charge in [-0.05, 0) is 18.4 Å². The summed E-state index contributed by atoms with van der Waals surface area (Å²) in [6.45, 7) is 0.547. The van der Waals surface area contributed by atoms with Crippen molar-refractivity contribution in [2.45, 2.75) is 9.79 Å². The number of thioether (sulfide) groups is 1. The third-order valence-electron chi connectivity index (χ3n) is 1.80. The van der Waals surface area contributed by atoms with Gasteiger partial charge in [-0.2, -0.15) is 0 Å². The van der Waals surface area contributed by atoms with Gasteiger partial charge in [0.2, 0.25) is 10.0 Å². The molecule has 0 radical (unpaired) electrons. The Kier molecular flexibility index (Phi) is 4.59. The highest BCUT2D eigenvalue weighted by atomic mass is 32.2. The average molecular weight is 246 g/mol. The maximum atomic E-state index is 11.8. The molecule has 0 unspecified atom stereocenters. The summed E-state index contributed by atoms with van der Waals surface area (Å²) in [7, 11) is -3.42. The molecule has 3 N–H and O–H groups in total. The lowest BCUT2D eigenvalue weighted by Gasteiger charge is -2.08. The zero-order valence-corrected chi connectivity index (χ0v) is 10.1. The number of nitrogens with two attached hydrogens (primary N) is 1. The van der Waals surface area contributed by atoms with Gasteiger partial charge in [-0.3, -0.25) is 0 Å². The summed E-state index contributed by atoms with van der Waals surface area (Å²) in [6.07, 6.45) is 1.84. The van der Waals surface area contributed by atoms with Gasteiger partial charge in [0.05, 0.1) is 4.90 Å². The Morgan fingerprint density at radius 1 is 1.40 bits per heavy atom. The van der Waals surface area contributed by atoms with Crippen LogP contribution in [0.1, 0.15) is 0 Å². The van der Waals surface area contributed by atoms with E-state index in [0.29, 0.717) is 11.4 Å². The lowest BCUT2D eigenvalue weighted by Crippen LogP contribution is -2.29. The second kappa shape index (κ2) is 5.50. The molecular weight excluding hydrogens is 232 g/mol. The zero-order valence-electron chi connectivity index (χ0n) is 8.43. The fraction of sp³-hybridized carbons (Fsp3) is 0.333. The van der Waals surface area contributed by atoms with E-state index in [-0.39, 0.29) is 6.54 Å². The van der Waals surface area contributed by atoms with E-state index in [1.54, 1.807) is 18.2 Å². The molecule has 0 aromatic heterocycles. The van der Waals surface area contributed by atoms with Gasteiger partial charge in [0.25, 0.3) is 0 Å². The Hall–Kier alpha value is -0.560. The lowest BCUT2D eigenvalue weighted by molar-refractivity contribution is 0.580. The molecule has 0 saturated carbocycles. The third kappa shape index (κ3) is 3.20. The number of sulfonamides is 1. The summed E-state index contributed by atoms with van der Waals surface area (Å²) in [4.78, 5) is 1.05. The maximum Gasteiger partial charge on any atom is 0.241 e. The van der Waals surface area contributed by atoms with Crippen molar-refractivity contribution in [2.24, 2.45) is 5.73 Å². The van der Waals surface area contributed by atoms with E-state index in [9.17, 15) is 8.42 Å². The fourth-order valence-corrected chi connectivity index (χ4v) is 3.31. The molecule has 1 rings (SSSR count). The van der Waals surface area contributed by atoms with Gasteiger partial charge in [-0.25, -0.2) is 13.1 Å². The molecule has 0 amide bonds. The molecule has 15 heavy (non-hydrogen) atoms. The Balaban J connectivity index is 3.04. The van der Waals surface area contributed by atoms with Gasteiger partial charge in [0.1, 0.15) is 0 Å². The van der Waals surface area contributed by atoms with E-state index in [4.69, 9.17) is 5.73 Å². The summed E-state index contributed by atoms with van der Waals surface area (Å²) in [6, 6.07) is 6.89. The van der Waals surface area contributed by atoms with Crippen LogP contribution in [0.2, 0.25) is 0 Å². The van der Waals surface area contributed by atoms with Crippen LogP contribution < -0.4 is 10.5 Å². The van der Waals surface area contributed by atoms with Crippen molar-refractivity contribution in [3.8, 4) is 0 Å². The highest BCUT2D eigenvalue weighted by molar-refractivity contribution is 7.99. The number of rotatable bonds is 5. The SMILES string of the molecule is CSc1ccccc1S(=O)(=O)NCCN. The Morgan fingerprint density at radius 3 is 2.67 bits per heavy atom. The molecule has 0 heterocycles. The van der Waals surface area contributed by atoms with Crippen LogP contribution in [-0.4, -0.2) is 27.8 Å². The van der Waals surface area contributed by atoms with E-state index in [1.807, 2.05) is 12.3 Å². The smallest absolute Gasteiger partial charge is 0.241 e. The molecule has 4 nitrogen and oxygen atoms in total. The first-order chi connectivity index (χ1) is 7.11. The Bertz CT molecular complexity index is 418. The van der Waals surface area contributed by atoms with Crippen molar-refractivity contribution in [1.29, 1.82) is 0 Å². The van der Waals surface area contributed by atoms with Crippen molar-refractivity contribution in [1.82, 2.24) is 4.72 Å². The van der Waals surface area contributed by atoms with Crippen LogP contribution >= 0.6 is 11.8 Å². The van der Waals surface area contributed by atoms with Crippen LogP contribution in [0.4, 0.5) is 0 Å².